The first-order chi connectivity index (χ1) is 13.3. The Morgan fingerprint density at radius 3 is 2.64 bits per heavy atom. The van der Waals surface area contributed by atoms with Crippen LogP contribution in [0, 0.1) is 5.41 Å². The van der Waals surface area contributed by atoms with Crippen molar-refractivity contribution in [2.45, 2.75) is 70.4 Å². The zero-order valence-electron chi connectivity index (χ0n) is 16.7. The maximum Gasteiger partial charge on any atom is 0.325 e. The second kappa shape index (κ2) is 6.90. The quantitative estimate of drug-likeness (QED) is 0.622. The van der Waals surface area contributed by atoms with Gasteiger partial charge in [0.2, 0.25) is 5.91 Å². The van der Waals surface area contributed by atoms with E-state index < -0.39 is 11.6 Å². The summed E-state index contributed by atoms with van der Waals surface area (Å²) in [6.45, 7) is 4.23. The third-order valence-electron chi connectivity index (χ3n) is 6.60. The van der Waals surface area contributed by atoms with E-state index in [9.17, 15) is 14.4 Å². The molecule has 1 saturated carbocycles. The van der Waals surface area contributed by atoms with Gasteiger partial charge in [0.25, 0.3) is 5.91 Å². The summed E-state index contributed by atoms with van der Waals surface area (Å²) in [5.41, 5.74) is 1.74. The van der Waals surface area contributed by atoms with Crippen LogP contribution in [0.4, 0.5) is 4.79 Å². The molecule has 150 valence electrons. The summed E-state index contributed by atoms with van der Waals surface area (Å²) in [5, 5.41) is 5.94. The van der Waals surface area contributed by atoms with Crippen molar-refractivity contribution in [3.63, 3.8) is 0 Å². The van der Waals surface area contributed by atoms with Gasteiger partial charge < -0.3 is 10.6 Å². The molecule has 2 aliphatic carbocycles. The van der Waals surface area contributed by atoms with Crippen LogP contribution in [-0.4, -0.2) is 34.8 Å². The van der Waals surface area contributed by atoms with Crippen LogP contribution in [0.2, 0.25) is 0 Å². The predicted octanol–water partition coefficient (Wildman–Crippen LogP) is 3.07. The summed E-state index contributed by atoms with van der Waals surface area (Å²) < 4.78 is 0. The summed E-state index contributed by atoms with van der Waals surface area (Å²) in [6, 6.07) is 7.67. The van der Waals surface area contributed by atoms with E-state index in [4.69, 9.17) is 0 Å². The van der Waals surface area contributed by atoms with Gasteiger partial charge in [-0.05, 0) is 48.6 Å². The SMILES string of the molecule is CC1(C)CCc2ccccc2[C@H](NC(=O)CN2C(=O)NC3(CCCC3)C2=O)C1. The first-order valence-electron chi connectivity index (χ1n) is 10.3. The van der Waals surface area contributed by atoms with Gasteiger partial charge in [-0.25, -0.2) is 4.79 Å². The number of fused-ring (bicyclic) bond motifs is 1. The molecule has 3 aliphatic rings. The average Bonchev–Trinajstić information content (AvgIpc) is 3.17. The molecule has 0 bridgehead atoms. The predicted molar refractivity (Wildman–Crippen MR) is 105 cm³/mol. The lowest BCUT2D eigenvalue weighted by atomic mass is 9.83. The minimum absolute atomic E-state index is 0.103. The molecule has 6 heteroatoms. The number of rotatable bonds is 3. The van der Waals surface area contributed by atoms with E-state index in [0.717, 1.165) is 42.6 Å². The number of carbonyl (C=O) groups excluding carboxylic acids is 3. The second-order valence-corrected chi connectivity index (χ2v) is 9.30. The van der Waals surface area contributed by atoms with Crippen molar-refractivity contribution in [3.8, 4) is 0 Å². The highest BCUT2D eigenvalue weighted by atomic mass is 16.2. The smallest absolute Gasteiger partial charge is 0.325 e. The second-order valence-electron chi connectivity index (χ2n) is 9.30. The van der Waals surface area contributed by atoms with E-state index >= 15 is 0 Å². The highest BCUT2D eigenvalue weighted by Crippen LogP contribution is 2.39. The number of hydrogen-bond acceptors (Lipinski definition) is 3. The maximum atomic E-state index is 12.8. The molecular weight excluding hydrogens is 354 g/mol. The lowest BCUT2D eigenvalue weighted by Crippen LogP contribution is -2.45. The number of urea groups is 1. The van der Waals surface area contributed by atoms with Gasteiger partial charge >= 0.3 is 6.03 Å². The molecule has 0 radical (unpaired) electrons. The van der Waals surface area contributed by atoms with E-state index in [1.54, 1.807) is 0 Å². The highest BCUT2D eigenvalue weighted by molar-refractivity contribution is 6.09. The molecule has 6 nitrogen and oxygen atoms in total. The minimum atomic E-state index is -0.770. The van der Waals surface area contributed by atoms with Crippen molar-refractivity contribution in [1.82, 2.24) is 15.5 Å². The number of hydrogen-bond donors (Lipinski definition) is 2. The molecule has 0 aromatic heterocycles. The lowest BCUT2D eigenvalue weighted by Gasteiger charge is -2.28. The third kappa shape index (κ3) is 3.40. The van der Waals surface area contributed by atoms with Gasteiger partial charge in [-0.1, -0.05) is 51.0 Å². The number of nitrogens with zero attached hydrogens (tertiary/aromatic N) is 1. The van der Waals surface area contributed by atoms with Crippen LogP contribution >= 0.6 is 0 Å². The van der Waals surface area contributed by atoms with Crippen LogP contribution < -0.4 is 10.6 Å². The number of imide groups is 1. The first kappa shape index (κ1) is 19.0. The van der Waals surface area contributed by atoms with E-state index in [0.29, 0.717) is 12.8 Å². The Bertz CT molecular complexity index is 811. The van der Waals surface area contributed by atoms with Crippen molar-refractivity contribution < 1.29 is 14.4 Å². The van der Waals surface area contributed by atoms with Crippen molar-refractivity contribution in [1.29, 1.82) is 0 Å². The Morgan fingerprint density at radius 2 is 1.89 bits per heavy atom. The molecule has 1 atom stereocenters. The lowest BCUT2D eigenvalue weighted by molar-refractivity contribution is -0.135. The van der Waals surface area contributed by atoms with E-state index in [1.165, 1.54) is 5.56 Å². The van der Waals surface area contributed by atoms with E-state index in [-0.39, 0.29) is 29.8 Å². The van der Waals surface area contributed by atoms with Gasteiger partial charge in [-0.15, -0.1) is 0 Å². The van der Waals surface area contributed by atoms with Crippen LogP contribution in [-0.2, 0) is 16.0 Å². The fourth-order valence-electron chi connectivity index (χ4n) is 4.99. The molecular formula is C22H29N3O3. The summed E-state index contributed by atoms with van der Waals surface area (Å²) in [4.78, 5) is 39.0. The molecule has 4 rings (SSSR count). The largest absolute Gasteiger partial charge is 0.348 e. The summed E-state index contributed by atoms with van der Waals surface area (Å²) in [6.07, 6.45) is 6.08. The minimum Gasteiger partial charge on any atom is -0.348 e. The zero-order chi connectivity index (χ0) is 19.9. The Labute approximate surface area is 166 Å². The van der Waals surface area contributed by atoms with Crippen molar-refractivity contribution in [2.75, 3.05) is 6.54 Å². The average molecular weight is 383 g/mol. The molecule has 1 aromatic rings. The molecule has 1 aliphatic heterocycles. The molecule has 1 spiro atoms. The number of amides is 4. The summed E-state index contributed by atoms with van der Waals surface area (Å²) in [7, 11) is 0. The Hall–Kier alpha value is -2.37. The normalized spacial score (nSPS) is 25.4. The standard InChI is InChI=1S/C22H29N3O3/c1-21(2)12-9-15-7-3-4-8-16(15)17(13-21)23-18(26)14-25-19(27)22(24-20(25)28)10-5-6-11-22/h3-4,7-8,17H,5-6,9-14H2,1-2H3,(H,23,26)(H,24,28)/t17-/m1/s1. The zero-order valence-corrected chi connectivity index (χ0v) is 16.7. The first-order valence-corrected chi connectivity index (χ1v) is 10.3. The Balaban J connectivity index is 1.49. The van der Waals surface area contributed by atoms with Crippen molar-refractivity contribution in [3.05, 3.63) is 35.4 Å². The van der Waals surface area contributed by atoms with Gasteiger partial charge in [-0.2, -0.15) is 0 Å². The molecule has 4 amide bonds. The van der Waals surface area contributed by atoms with Crippen molar-refractivity contribution >= 4 is 17.8 Å². The molecule has 0 unspecified atom stereocenters. The molecule has 1 heterocycles. The third-order valence-corrected chi connectivity index (χ3v) is 6.60. The number of aryl methyl sites for hydroxylation is 1. The van der Waals surface area contributed by atoms with Gasteiger partial charge in [0.1, 0.15) is 12.1 Å². The highest BCUT2D eigenvalue weighted by Gasteiger charge is 2.52. The van der Waals surface area contributed by atoms with Gasteiger partial charge in [-0.3, -0.25) is 14.5 Å². The molecule has 2 N–H and O–H groups in total. The monoisotopic (exact) mass is 383 g/mol. The van der Waals surface area contributed by atoms with Gasteiger partial charge in [0, 0.05) is 0 Å². The Kier molecular flexibility index (Phi) is 4.68. The number of carbonyl (C=O) groups is 3. The fraction of sp³-hybridized carbons (Fsp3) is 0.591. The Morgan fingerprint density at radius 1 is 1.18 bits per heavy atom. The van der Waals surface area contributed by atoms with Gasteiger partial charge in [0.05, 0.1) is 6.04 Å². The van der Waals surface area contributed by atoms with Crippen LogP contribution in [0.1, 0.15) is 69.5 Å². The van der Waals surface area contributed by atoms with Crippen molar-refractivity contribution in [2.24, 2.45) is 5.41 Å². The van der Waals surface area contributed by atoms with Crippen LogP contribution in [0.3, 0.4) is 0 Å². The number of nitrogens with one attached hydrogen (secondary N) is 2. The fourth-order valence-corrected chi connectivity index (χ4v) is 4.99. The van der Waals surface area contributed by atoms with E-state index in [1.807, 2.05) is 12.1 Å². The molecule has 1 aromatic carbocycles. The molecule has 1 saturated heterocycles. The van der Waals surface area contributed by atoms with Crippen LogP contribution in [0.15, 0.2) is 24.3 Å². The van der Waals surface area contributed by atoms with E-state index in [2.05, 4.69) is 36.6 Å². The van der Waals surface area contributed by atoms with Crippen LogP contribution in [0.25, 0.3) is 0 Å². The summed E-state index contributed by atoms with van der Waals surface area (Å²) in [5.74, 6) is -0.525. The van der Waals surface area contributed by atoms with Gasteiger partial charge in [0.15, 0.2) is 0 Å². The topological polar surface area (TPSA) is 78.5 Å². The molecule has 28 heavy (non-hydrogen) atoms. The number of benzene rings is 1. The maximum absolute atomic E-state index is 12.8. The summed E-state index contributed by atoms with van der Waals surface area (Å²) >= 11 is 0. The van der Waals surface area contributed by atoms with Crippen LogP contribution in [0.5, 0.6) is 0 Å². The molecule has 2 fully saturated rings.